The molecule has 0 unspecified atom stereocenters. The van der Waals surface area contributed by atoms with E-state index in [0.717, 1.165) is 18.2 Å². The van der Waals surface area contributed by atoms with E-state index in [-0.39, 0.29) is 16.5 Å². The van der Waals surface area contributed by atoms with Crippen molar-refractivity contribution in [2.24, 2.45) is 5.73 Å². The molecule has 0 atom stereocenters. The lowest BCUT2D eigenvalue weighted by Gasteiger charge is -2.06. The van der Waals surface area contributed by atoms with Crippen LogP contribution in [0.3, 0.4) is 0 Å². The van der Waals surface area contributed by atoms with Crippen LogP contribution < -0.4 is 10.5 Å². The molecule has 0 bridgehead atoms. The van der Waals surface area contributed by atoms with Crippen molar-refractivity contribution in [1.82, 2.24) is 4.98 Å². The molecule has 0 aliphatic carbocycles. The number of halogens is 2. The Kier molecular flexibility index (Phi) is 3.47. The average molecular weight is 266 g/mol. The van der Waals surface area contributed by atoms with Gasteiger partial charge in [-0.15, -0.1) is 0 Å². The Balaban J connectivity index is 2.23. The van der Waals surface area contributed by atoms with Crippen LogP contribution in [-0.4, -0.2) is 9.97 Å². The highest BCUT2D eigenvalue weighted by atomic mass is 32.1. The van der Waals surface area contributed by atoms with E-state index in [4.69, 9.17) is 22.7 Å². The lowest BCUT2D eigenvalue weighted by Crippen LogP contribution is -2.10. The smallest absolute Gasteiger partial charge is 0.166 e. The number of aromatic nitrogens is 1. The number of hydrogen-bond acceptors (Lipinski definition) is 3. The van der Waals surface area contributed by atoms with Crippen molar-refractivity contribution in [3.63, 3.8) is 0 Å². The zero-order valence-electron chi connectivity index (χ0n) is 9.06. The predicted octanol–water partition coefficient (Wildman–Crippen LogP) is 2.79. The van der Waals surface area contributed by atoms with Gasteiger partial charge in [0.2, 0.25) is 0 Å². The van der Waals surface area contributed by atoms with E-state index in [1.807, 2.05) is 0 Å². The molecule has 2 N–H and O–H groups in total. The first-order valence-electron chi connectivity index (χ1n) is 4.95. The third kappa shape index (κ3) is 2.78. The highest BCUT2D eigenvalue weighted by Crippen LogP contribution is 2.24. The van der Waals surface area contributed by atoms with Crippen LogP contribution >= 0.6 is 12.2 Å². The highest BCUT2D eigenvalue weighted by Gasteiger charge is 2.07. The fourth-order valence-corrected chi connectivity index (χ4v) is 1.39. The summed E-state index contributed by atoms with van der Waals surface area (Å²) >= 11 is 4.74. The molecule has 3 nitrogen and oxygen atoms in total. The van der Waals surface area contributed by atoms with Gasteiger partial charge in [-0.3, -0.25) is 0 Å². The number of nitrogens with zero attached hydrogens (tertiary/aromatic N) is 1. The second kappa shape index (κ2) is 5.05. The maximum Gasteiger partial charge on any atom is 0.166 e. The van der Waals surface area contributed by atoms with E-state index in [0.29, 0.717) is 5.69 Å². The van der Waals surface area contributed by atoms with Gasteiger partial charge in [0.15, 0.2) is 11.6 Å². The molecule has 0 aliphatic rings. The fourth-order valence-electron chi connectivity index (χ4n) is 1.27. The topological polar surface area (TPSA) is 48.1 Å². The van der Waals surface area contributed by atoms with E-state index >= 15 is 0 Å². The zero-order chi connectivity index (χ0) is 13.1. The Bertz CT molecular complexity index is 587. The SMILES string of the molecule is NC(=S)c1ccc(Oc2cc(F)ccc2F)cn1. The summed E-state index contributed by atoms with van der Waals surface area (Å²) in [5, 5.41) is 0. The van der Waals surface area contributed by atoms with Gasteiger partial charge >= 0.3 is 0 Å². The molecular formula is C12H8F2N2OS. The first-order chi connectivity index (χ1) is 8.56. The zero-order valence-corrected chi connectivity index (χ0v) is 9.88. The standard InChI is InChI=1S/C12H8F2N2OS/c13-7-1-3-9(14)11(5-7)17-8-2-4-10(12(15)18)16-6-8/h1-6H,(H2,15,18). The second-order valence-electron chi connectivity index (χ2n) is 3.42. The third-order valence-corrected chi connectivity index (χ3v) is 2.32. The van der Waals surface area contributed by atoms with E-state index in [2.05, 4.69) is 4.98 Å². The molecular weight excluding hydrogens is 258 g/mol. The van der Waals surface area contributed by atoms with E-state index in [1.165, 1.54) is 18.3 Å². The lowest BCUT2D eigenvalue weighted by molar-refractivity contribution is 0.435. The molecule has 0 fully saturated rings. The molecule has 2 aromatic rings. The lowest BCUT2D eigenvalue weighted by atomic mass is 10.3. The van der Waals surface area contributed by atoms with E-state index in [9.17, 15) is 8.78 Å². The van der Waals surface area contributed by atoms with Gasteiger partial charge in [-0.05, 0) is 24.3 Å². The molecule has 0 aliphatic heterocycles. The summed E-state index contributed by atoms with van der Waals surface area (Å²) in [5.74, 6) is -1.19. The Morgan fingerprint density at radius 2 is 2.00 bits per heavy atom. The molecule has 92 valence electrons. The van der Waals surface area contributed by atoms with Gasteiger partial charge in [-0.1, -0.05) is 12.2 Å². The molecule has 1 aromatic carbocycles. The Morgan fingerprint density at radius 1 is 1.22 bits per heavy atom. The summed E-state index contributed by atoms with van der Waals surface area (Å²) in [4.78, 5) is 4.07. The number of ether oxygens (including phenoxy) is 1. The second-order valence-corrected chi connectivity index (χ2v) is 3.86. The first kappa shape index (κ1) is 12.4. The van der Waals surface area contributed by atoms with Crippen molar-refractivity contribution in [3.8, 4) is 11.5 Å². The van der Waals surface area contributed by atoms with Crippen LogP contribution in [0.25, 0.3) is 0 Å². The summed E-state index contributed by atoms with van der Waals surface area (Å²) in [5.41, 5.74) is 5.81. The summed E-state index contributed by atoms with van der Waals surface area (Å²) < 4.78 is 31.4. The van der Waals surface area contributed by atoms with Crippen molar-refractivity contribution < 1.29 is 13.5 Å². The summed E-state index contributed by atoms with van der Waals surface area (Å²) in [6.07, 6.45) is 1.33. The van der Waals surface area contributed by atoms with Gasteiger partial charge in [0.1, 0.15) is 16.6 Å². The predicted molar refractivity (Wildman–Crippen MR) is 66.6 cm³/mol. The molecule has 6 heteroatoms. The number of rotatable bonds is 3. The van der Waals surface area contributed by atoms with E-state index < -0.39 is 11.6 Å². The minimum absolute atomic E-state index is 0.151. The van der Waals surface area contributed by atoms with Gasteiger partial charge in [0, 0.05) is 6.07 Å². The van der Waals surface area contributed by atoms with Gasteiger partial charge in [-0.2, -0.15) is 0 Å². The number of hydrogen-bond donors (Lipinski definition) is 1. The monoisotopic (exact) mass is 266 g/mol. The van der Waals surface area contributed by atoms with Crippen LogP contribution in [-0.2, 0) is 0 Å². The maximum atomic E-state index is 13.3. The molecule has 1 heterocycles. The van der Waals surface area contributed by atoms with Crippen molar-refractivity contribution >= 4 is 17.2 Å². The molecule has 0 radical (unpaired) electrons. The van der Waals surface area contributed by atoms with Gasteiger partial charge in [0.05, 0.1) is 11.9 Å². The highest BCUT2D eigenvalue weighted by molar-refractivity contribution is 7.80. The normalized spacial score (nSPS) is 10.1. The van der Waals surface area contributed by atoms with E-state index in [1.54, 1.807) is 0 Å². The van der Waals surface area contributed by atoms with Crippen LogP contribution in [0.2, 0.25) is 0 Å². The third-order valence-electron chi connectivity index (χ3n) is 2.11. The maximum absolute atomic E-state index is 13.3. The minimum atomic E-state index is -0.658. The Morgan fingerprint density at radius 3 is 2.61 bits per heavy atom. The van der Waals surface area contributed by atoms with Crippen molar-refractivity contribution in [2.45, 2.75) is 0 Å². The minimum Gasteiger partial charge on any atom is -0.453 e. The van der Waals surface area contributed by atoms with Crippen LogP contribution in [0.5, 0.6) is 11.5 Å². The molecule has 0 saturated heterocycles. The Hall–Kier alpha value is -2.08. The number of nitrogens with two attached hydrogens (primary N) is 1. The van der Waals surface area contributed by atoms with Gasteiger partial charge in [0.25, 0.3) is 0 Å². The molecule has 2 rings (SSSR count). The number of benzene rings is 1. The number of thiocarbonyl (C=S) groups is 1. The largest absolute Gasteiger partial charge is 0.453 e. The summed E-state index contributed by atoms with van der Waals surface area (Å²) in [6.45, 7) is 0. The Labute approximate surface area is 107 Å². The van der Waals surface area contributed by atoms with Crippen molar-refractivity contribution in [2.75, 3.05) is 0 Å². The van der Waals surface area contributed by atoms with Gasteiger partial charge < -0.3 is 10.5 Å². The van der Waals surface area contributed by atoms with Crippen LogP contribution in [0.4, 0.5) is 8.78 Å². The fraction of sp³-hybridized carbons (Fsp3) is 0. The molecule has 0 spiro atoms. The molecule has 1 aromatic heterocycles. The van der Waals surface area contributed by atoms with Crippen molar-refractivity contribution in [1.29, 1.82) is 0 Å². The van der Waals surface area contributed by atoms with Crippen LogP contribution in [0.1, 0.15) is 5.69 Å². The summed E-state index contributed by atoms with van der Waals surface area (Å²) in [7, 11) is 0. The first-order valence-corrected chi connectivity index (χ1v) is 5.36. The van der Waals surface area contributed by atoms with Crippen LogP contribution in [0.15, 0.2) is 36.5 Å². The molecule has 0 saturated carbocycles. The summed E-state index contributed by atoms with van der Waals surface area (Å²) in [6, 6.07) is 6.01. The molecule has 18 heavy (non-hydrogen) atoms. The quantitative estimate of drug-likeness (QED) is 0.868. The van der Waals surface area contributed by atoms with Gasteiger partial charge in [-0.25, -0.2) is 13.8 Å². The van der Waals surface area contributed by atoms with Crippen LogP contribution in [0, 0.1) is 11.6 Å². The number of pyridine rings is 1. The average Bonchev–Trinajstić information content (AvgIpc) is 2.34. The molecule has 0 amide bonds. The van der Waals surface area contributed by atoms with Crippen molar-refractivity contribution in [3.05, 3.63) is 53.9 Å².